The maximum absolute atomic E-state index is 13.9. The standard InChI is InChI=1S/C24H19FN6O2/c1-31-21-10-15(33-24-18-13-29-30-20(18)8-9-27-24)6-7-16(21)17(11-26)22(31)23(32)28-12-14-4-2-3-5-19(14)25/h2-11,13,26H,12H2,1H3,(H,28,32)(H,29,30). The summed E-state index contributed by atoms with van der Waals surface area (Å²) < 4.78 is 21.6. The van der Waals surface area contributed by atoms with E-state index in [1.165, 1.54) is 6.07 Å². The van der Waals surface area contributed by atoms with E-state index < -0.39 is 5.91 Å². The number of ether oxygens (including phenoxy) is 1. The number of aromatic nitrogens is 4. The van der Waals surface area contributed by atoms with Crippen LogP contribution in [0.2, 0.25) is 0 Å². The molecule has 1 amide bonds. The fourth-order valence-electron chi connectivity index (χ4n) is 3.87. The van der Waals surface area contributed by atoms with Crippen molar-refractivity contribution in [2.45, 2.75) is 6.54 Å². The van der Waals surface area contributed by atoms with Gasteiger partial charge in [-0.2, -0.15) is 5.10 Å². The number of halogens is 1. The molecule has 8 nitrogen and oxygen atoms in total. The molecule has 33 heavy (non-hydrogen) atoms. The van der Waals surface area contributed by atoms with E-state index in [9.17, 15) is 9.18 Å². The van der Waals surface area contributed by atoms with Crippen molar-refractivity contribution < 1.29 is 13.9 Å². The summed E-state index contributed by atoms with van der Waals surface area (Å²) in [4.78, 5) is 17.3. The Morgan fingerprint density at radius 1 is 1.24 bits per heavy atom. The maximum Gasteiger partial charge on any atom is 0.268 e. The molecule has 164 valence electrons. The maximum atomic E-state index is 13.9. The van der Waals surface area contributed by atoms with Crippen LogP contribution in [-0.2, 0) is 13.6 Å². The van der Waals surface area contributed by atoms with Crippen LogP contribution in [0.5, 0.6) is 11.6 Å². The highest BCUT2D eigenvalue weighted by Crippen LogP contribution is 2.31. The van der Waals surface area contributed by atoms with Crippen LogP contribution in [0.1, 0.15) is 21.6 Å². The van der Waals surface area contributed by atoms with Gasteiger partial charge in [0.2, 0.25) is 5.88 Å². The SMILES string of the molecule is Cn1c(C(=O)NCc2ccccc2F)c(C=N)c2ccc(Oc3nccc4[nH]ncc34)cc21. The van der Waals surface area contributed by atoms with Crippen molar-refractivity contribution in [1.82, 2.24) is 25.1 Å². The Balaban J connectivity index is 1.48. The third-order valence-corrected chi connectivity index (χ3v) is 5.51. The number of nitrogens with one attached hydrogen (secondary N) is 3. The van der Waals surface area contributed by atoms with Crippen LogP contribution in [0, 0.1) is 11.2 Å². The molecular weight excluding hydrogens is 423 g/mol. The number of nitrogens with zero attached hydrogens (tertiary/aromatic N) is 3. The number of amides is 1. The molecule has 0 saturated carbocycles. The molecule has 0 aliphatic rings. The summed E-state index contributed by atoms with van der Waals surface area (Å²) in [5.74, 6) is 0.150. The number of fused-ring (bicyclic) bond motifs is 2. The van der Waals surface area contributed by atoms with E-state index in [-0.39, 0.29) is 12.4 Å². The molecule has 5 aromatic rings. The molecular formula is C24H19FN6O2. The minimum atomic E-state index is -0.400. The molecule has 0 unspecified atom stereocenters. The van der Waals surface area contributed by atoms with Gasteiger partial charge in [0.25, 0.3) is 5.91 Å². The molecule has 3 N–H and O–H groups in total. The van der Waals surface area contributed by atoms with Crippen molar-refractivity contribution in [3.05, 3.63) is 83.6 Å². The largest absolute Gasteiger partial charge is 0.438 e. The molecule has 2 aromatic carbocycles. The Kier molecular flexibility index (Phi) is 5.06. The van der Waals surface area contributed by atoms with Crippen molar-refractivity contribution in [2.24, 2.45) is 7.05 Å². The highest BCUT2D eigenvalue weighted by molar-refractivity contribution is 6.10. The summed E-state index contributed by atoms with van der Waals surface area (Å²) in [5.41, 5.74) is 2.68. The fourth-order valence-corrected chi connectivity index (χ4v) is 3.87. The monoisotopic (exact) mass is 442 g/mol. The summed E-state index contributed by atoms with van der Waals surface area (Å²) in [6.45, 7) is 0.0409. The fraction of sp³-hybridized carbons (Fsp3) is 0.0833. The van der Waals surface area contributed by atoms with Crippen molar-refractivity contribution in [2.75, 3.05) is 0 Å². The molecule has 3 heterocycles. The minimum absolute atomic E-state index is 0.0409. The Labute approximate surface area is 187 Å². The smallest absolute Gasteiger partial charge is 0.268 e. The van der Waals surface area contributed by atoms with Gasteiger partial charge >= 0.3 is 0 Å². The first kappa shape index (κ1) is 20.4. The van der Waals surface area contributed by atoms with Gasteiger partial charge in [0.05, 0.1) is 22.6 Å². The average Bonchev–Trinajstić information content (AvgIpc) is 3.41. The first-order chi connectivity index (χ1) is 16.1. The number of aromatic amines is 1. The Hall–Kier alpha value is -4.53. The number of benzene rings is 2. The summed E-state index contributed by atoms with van der Waals surface area (Å²) in [6, 6.07) is 13.4. The predicted molar refractivity (Wildman–Crippen MR) is 122 cm³/mol. The number of hydrogen-bond acceptors (Lipinski definition) is 5. The Morgan fingerprint density at radius 3 is 2.91 bits per heavy atom. The van der Waals surface area contributed by atoms with Crippen molar-refractivity contribution >= 4 is 33.9 Å². The third kappa shape index (κ3) is 3.59. The second-order valence-corrected chi connectivity index (χ2v) is 7.47. The highest BCUT2D eigenvalue weighted by atomic mass is 19.1. The first-order valence-corrected chi connectivity index (χ1v) is 10.2. The molecule has 3 aromatic heterocycles. The number of aryl methyl sites for hydroxylation is 1. The number of carbonyl (C=O) groups excluding carboxylic acids is 1. The van der Waals surface area contributed by atoms with Crippen LogP contribution in [0.25, 0.3) is 21.8 Å². The topological polar surface area (TPSA) is 109 Å². The molecule has 5 rings (SSSR count). The number of hydrogen-bond donors (Lipinski definition) is 3. The van der Waals surface area contributed by atoms with E-state index in [4.69, 9.17) is 10.1 Å². The van der Waals surface area contributed by atoms with Gasteiger partial charge in [-0.25, -0.2) is 9.37 Å². The van der Waals surface area contributed by atoms with Crippen LogP contribution in [-0.4, -0.2) is 31.9 Å². The summed E-state index contributed by atoms with van der Waals surface area (Å²) >= 11 is 0. The quantitative estimate of drug-likeness (QED) is 0.341. The van der Waals surface area contributed by atoms with Crippen molar-refractivity contribution in [3.8, 4) is 11.6 Å². The van der Waals surface area contributed by atoms with E-state index in [1.54, 1.807) is 66.5 Å². The lowest BCUT2D eigenvalue weighted by Crippen LogP contribution is -2.26. The van der Waals surface area contributed by atoms with Gasteiger partial charge in [0.1, 0.15) is 17.3 Å². The van der Waals surface area contributed by atoms with Crippen LogP contribution < -0.4 is 10.1 Å². The molecule has 0 saturated heterocycles. The molecule has 0 aliphatic heterocycles. The highest BCUT2D eigenvalue weighted by Gasteiger charge is 2.21. The minimum Gasteiger partial charge on any atom is -0.438 e. The van der Waals surface area contributed by atoms with E-state index in [2.05, 4.69) is 20.5 Å². The normalized spacial score (nSPS) is 11.1. The summed E-state index contributed by atoms with van der Waals surface area (Å²) in [5, 5.41) is 19.0. The van der Waals surface area contributed by atoms with E-state index in [0.717, 1.165) is 22.5 Å². The van der Waals surface area contributed by atoms with Crippen molar-refractivity contribution in [1.29, 1.82) is 5.41 Å². The lowest BCUT2D eigenvalue weighted by Gasteiger charge is -2.09. The molecule has 0 aliphatic carbocycles. The third-order valence-electron chi connectivity index (χ3n) is 5.51. The van der Waals surface area contributed by atoms with Crippen LogP contribution in [0.4, 0.5) is 4.39 Å². The summed E-state index contributed by atoms with van der Waals surface area (Å²) in [7, 11) is 1.74. The van der Waals surface area contributed by atoms with Crippen LogP contribution in [0.15, 0.2) is 60.9 Å². The van der Waals surface area contributed by atoms with Crippen LogP contribution >= 0.6 is 0 Å². The average molecular weight is 442 g/mol. The van der Waals surface area contributed by atoms with E-state index in [1.807, 2.05) is 0 Å². The number of pyridine rings is 1. The van der Waals surface area contributed by atoms with Gasteiger partial charge in [0.15, 0.2) is 0 Å². The zero-order chi connectivity index (χ0) is 22.9. The van der Waals surface area contributed by atoms with E-state index >= 15 is 0 Å². The molecule has 0 bridgehead atoms. The Bertz CT molecular complexity index is 1520. The van der Waals surface area contributed by atoms with Gasteiger partial charge < -0.3 is 20.0 Å². The zero-order valence-corrected chi connectivity index (χ0v) is 17.6. The Morgan fingerprint density at radius 2 is 2.09 bits per heavy atom. The molecule has 0 spiro atoms. The molecule has 0 fully saturated rings. The first-order valence-electron chi connectivity index (χ1n) is 10.2. The van der Waals surface area contributed by atoms with Gasteiger partial charge in [-0.3, -0.25) is 9.89 Å². The lowest BCUT2D eigenvalue weighted by molar-refractivity contribution is 0.0942. The zero-order valence-electron chi connectivity index (χ0n) is 17.6. The van der Waals surface area contributed by atoms with Gasteiger partial charge in [-0.05, 0) is 24.3 Å². The van der Waals surface area contributed by atoms with Crippen molar-refractivity contribution in [3.63, 3.8) is 0 Å². The number of H-pyrrole nitrogens is 1. The lowest BCUT2D eigenvalue weighted by atomic mass is 10.1. The van der Waals surface area contributed by atoms with Crippen LogP contribution in [0.3, 0.4) is 0 Å². The number of carbonyl (C=O) groups is 1. The molecule has 0 atom stereocenters. The molecule has 9 heteroatoms. The predicted octanol–water partition coefficient (Wildman–Crippen LogP) is 4.31. The molecule has 0 radical (unpaired) electrons. The van der Waals surface area contributed by atoms with E-state index in [0.29, 0.717) is 34.0 Å². The second-order valence-electron chi connectivity index (χ2n) is 7.47. The number of rotatable bonds is 6. The van der Waals surface area contributed by atoms with Gasteiger partial charge in [-0.15, -0.1) is 0 Å². The van der Waals surface area contributed by atoms with Gasteiger partial charge in [-0.1, -0.05) is 18.2 Å². The second kappa shape index (κ2) is 8.19. The summed E-state index contributed by atoms with van der Waals surface area (Å²) in [6.07, 6.45) is 4.42. The van der Waals surface area contributed by atoms with Gasteiger partial charge in [0, 0.05) is 48.6 Å².